The van der Waals surface area contributed by atoms with Crippen LogP contribution in [0.3, 0.4) is 0 Å². The van der Waals surface area contributed by atoms with Crippen molar-refractivity contribution in [1.82, 2.24) is 5.32 Å². The Morgan fingerprint density at radius 1 is 1.47 bits per heavy atom. The summed E-state index contributed by atoms with van der Waals surface area (Å²) in [6.45, 7) is 6.28. The zero-order valence-electron chi connectivity index (χ0n) is 11.1. The zero-order chi connectivity index (χ0) is 13.1. The van der Waals surface area contributed by atoms with Crippen LogP contribution in [0.15, 0.2) is 0 Å². The smallest absolute Gasteiger partial charge is 0.252 e. The maximum atomic E-state index is 12.1. The second-order valence-electron chi connectivity index (χ2n) is 5.64. The summed E-state index contributed by atoms with van der Waals surface area (Å²) >= 11 is 0. The average Bonchev–Trinajstić information content (AvgIpc) is 2.25. The first-order valence-electron chi connectivity index (χ1n) is 6.53. The van der Waals surface area contributed by atoms with Gasteiger partial charge in [-0.2, -0.15) is 0 Å². The highest BCUT2D eigenvalue weighted by Crippen LogP contribution is 2.41. The van der Waals surface area contributed by atoms with Gasteiger partial charge in [-0.15, -0.1) is 0 Å². The summed E-state index contributed by atoms with van der Waals surface area (Å²) in [5.74, 6) is 0.344. The number of amides is 1. The third-order valence-electron chi connectivity index (χ3n) is 3.84. The Labute approximate surface area is 103 Å². The van der Waals surface area contributed by atoms with E-state index in [0.717, 1.165) is 12.8 Å². The fourth-order valence-corrected chi connectivity index (χ4v) is 2.96. The van der Waals surface area contributed by atoms with Gasteiger partial charge in [-0.1, -0.05) is 27.2 Å². The van der Waals surface area contributed by atoms with Gasteiger partial charge in [-0.05, 0) is 30.6 Å². The van der Waals surface area contributed by atoms with Gasteiger partial charge in [0.1, 0.15) is 5.60 Å². The monoisotopic (exact) mass is 243 g/mol. The van der Waals surface area contributed by atoms with Crippen LogP contribution in [0.1, 0.15) is 40.0 Å². The molecule has 1 amide bonds. The second-order valence-corrected chi connectivity index (χ2v) is 5.64. The Bertz CT molecular complexity index is 267. The quantitative estimate of drug-likeness (QED) is 0.687. The highest BCUT2D eigenvalue weighted by atomic mass is 16.3. The minimum absolute atomic E-state index is 0.0115. The molecule has 1 aliphatic rings. The Kier molecular flexibility index (Phi) is 4.95. The number of hydrogen-bond acceptors (Lipinski definition) is 3. The first-order chi connectivity index (χ1) is 7.91. The van der Waals surface area contributed by atoms with Crippen LogP contribution in [-0.2, 0) is 4.79 Å². The highest BCUT2D eigenvalue weighted by Gasteiger charge is 2.48. The molecule has 4 heteroatoms. The van der Waals surface area contributed by atoms with E-state index in [0.29, 0.717) is 12.3 Å². The van der Waals surface area contributed by atoms with E-state index in [9.17, 15) is 9.90 Å². The van der Waals surface area contributed by atoms with Crippen LogP contribution in [0.5, 0.6) is 0 Å². The van der Waals surface area contributed by atoms with Gasteiger partial charge >= 0.3 is 0 Å². The zero-order valence-corrected chi connectivity index (χ0v) is 11.1. The van der Waals surface area contributed by atoms with Gasteiger partial charge in [0.15, 0.2) is 0 Å². The Morgan fingerprint density at radius 3 is 2.65 bits per heavy atom. The van der Waals surface area contributed by atoms with Gasteiger partial charge in [0.2, 0.25) is 0 Å². The van der Waals surface area contributed by atoms with E-state index < -0.39 is 5.60 Å². The Morgan fingerprint density at radius 2 is 2.12 bits per heavy atom. The van der Waals surface area contributed by atoms with Gasteiger partial charge in [-0.25, -0.2) is 0 Å². The minimum atomic E-state index is -1.26. The molecule has 0 heterocycles. The Hall–Kier alpha value is -0.610. The maximum absolute atomic E-state index is 12.1. The minimum Gasteiger partial charge on any atom is -0.395 e. The van der Waals surface area contributed by atoms with Crippen LogP contribution in [0.25, 0.3) is 0 Å². The topological polar surface area (TPSA) is 69.6 Å². The van der Waals surface area contributed by atoms with Crippen LogP contribution in [0, 0.1) is 17.8 Å². The largest absolute Gasteiger partial charge is 0.395 e. The molecule has 4 nitrogen and oxygen atoms in total. The van der Waals surface area contributed by atoms with Crippen LogP contribution < -0.4 is 5.32 Å². The van der Waals surface area contributed by atoms with Gasteiger partial charge in [-0.3, -0.25) is 4.79 Å². The molecule has 0 aliphatic heterocycles. The molecule has 100 valence electrons. The molecule has 0 aromatic carbocycles. The van der Waals surface area contributed by atoms with Crippen molar-refractivity contribution in [3.63, 3.8) is 0 Å². The number of aliphatic hydroxyl groups excluding tert-OH is 1. The normalized spacial score (nSPS) is 33.8. The molecule has 0 spiro atoms. The van der Waals surface area contributed by atoms with Crippen molar-refractivity contribution < 1.29 is 15.0 Å². The number of nitrogens with one attached hydrogen (secondary N) is 1. The predicted molar refractivity (Wildman–Crippen MR) is 66.4 cm³/mol. The van der Waals surface area contributed by atoms with Crippen molar-refractivity contribution in [2.75, 3.05) is 13.2 Å². The van der Waals surface area contributed by atoms with Crippen molar-refractivity contribution in [2.45, 2.75) is 45.6 Å². The molecule has 3 N–H and O–H groups in total. The van der Waals surface area contributed by atoms with Crippen LogP contribution in [0.2, 0.25) is 0 Å². The van der Waals surface area contributed by atoms with E-state index in [1.807, 2.05) is 13.8 Å². The third kappa shape index (κ3) is 3.19. The van der Waals surface area contributed by atoms with Gasteiger partial charge in [0.05, 0.1) is 6.61 Å². The average molecular weight is 243 g/mol. The van der Waals surface area contributed by atoms with Gasteiger partial charge < -0.3 is 15.5 Å². The highest BCUT2D eigenvalue weighted by molar-refractivity contribution is 5.85. The molecule has 0 aromatic heterocycles. The fourth-order valence-electron chi connectivity index (χ4n) is 2.96. The summed E-state index contributed by atoms with van der Waals surface area (Å²) < 4.78 is 0. The number of carbonyl (C=O) groups excluding carboxylic acids is 1. The van der Waals surface area contributed by atoms with Gasteiger partial charge in [0, 0.05) is 6.54 Å². The number of aliphatic hydroxyl groups is 2. The lowest BCUT2D eigenvalue weighted by atomic mass is 9.66. The summed E-state index contributed by atoms with van der Waals surface area (Å²) in [6.07, 6.45) is 2.48. The molecule has 17 heavy (non-hydrogen) atoms. The SMILES string of the molecule is CC1CCC(C(C)C)[C@@](O)(C(=O)NCCO)C1. The van der Waals surface area contributed by atoms with Crippen LogP contribution >= 0.6 is 0 Å². The summed E-state index contributed by atoms with van der Waals surface area (Å²) in [5.41, 5.74) is -1.26. The van der Waals surface area contributed by atoms with Crippen molar-refractivity contribution in [1.29, 1.82) is 0 Å². The van der Waals surface area contributed by atoms with E-state index in [-0.39, 0.29) is 30.9 Å². The van der Waals surface area contributed by atoms with E-state index in [1.54, 1.807) is 0 Å². The van der Waals surface area contributed by atoms with Gasteiger partial charge in [0.25, 0.3) is 5.91 Å². The maximum Gasteiger partial charge on any atom is 0.252 e. The summed E-state index contributed by atoms with van der Waals surface area (Å²) in [6, 6.07) is 0. The first kappa shape index (κ1) is 14.5. The third-order valence-corrected chi connectivity index (χ3v) is 3.84. The molecule has 0 radical (unpaired) electrons. The molecule has 1 aliphatic carbocycles. The van der Waals surface area contributed by atoms with Crippen molar-refractivity contribution in [3.05, 3.63) is 0 Å². The molecule has 0 bridgehead atoms. The molecular formula is C13H25NO3. The molecule has 1 rings (SSSR count). The lowest BCUT2D eigenvalue weighted by Gasteiger charge is -2.43. The molecule has 0 saturated heterocycles. The number of carbonyl (C=O) groups is 1. The molecule has 2 unspecified atom stereocenters. The molecule has 1 saturated carbocycles. The van der Waals surface area contributed by atoms with Crippen molar-refractivity contribution in [3.8, 4) is 0 Å². The Balaban J connectivity index is 2.81. The predicted octanol–water partition coefficient (Wildman–Crippen LogP) is 0.918. The lowest BCUT2D eigenvalue weighted by molar-refractivity contribution is -0.155. The summed E-state index contributed by atoms with van der Waals surface area (Å²) in [7, 11) is 0. The van der Waals surface area contributed by atoms with E-state index >= 15 is 0 Å². The first-order valence-corrected chi connectivity index (χ1v) is 6.53. The van der Waals surface area contributed by atoms with Crippen LogP contribution in [-0.4, -0.2) is 34.9 Å². The van der Waals surface area contributed by atoms with E-state index in [2.05, 4.69) is 12.2 Å². The lowest BCUT2D eigenvalue weighted by Crippen LogP contribution is -2.56. The summed E-state index contributed by atoms with van der Waals surface area (Å²) in [4.78, 5) is 12.1. The van der Waals surface area contributed by atoms with Crippen molar-refractivity contribution in [2.24, 2.45) is 17.8 Å². The van der Waals surface area contributed by atoms with E-state index in [1.165, 1.54) is 0 Å². The molecule has 0 aromatic rings. The van der Waals surface area contributed by atoms with E-state index in [4.69, 9.17) is 5.11 Å². The molecule has 1 fully saturated rings. The van der Waals surface area contributed by atoms with Crippen LogP contribution in [0.4, 0.5) is 0 Å². The number of hydrogen-bond donors (Lipinski definition) is 3. The van der Waals surface area contributed by atoms with Crippen molar-refractivity contribution >= 4 is 5.91 Å². The molecule has 3 atom stereocenters. The molecular weight excluding hydrogens is 218 g/mol. The second kappa shape index (κ2) is 5.83. The number of rotatable bonds is 4. The summed E-state index contributed by atoms with van der Waals surface area (Å²) in [5, 5.41) is 22.0. The standard InChI is InChI=1S/C13H25NO3/c1-9(2)11-5-4-10(3)8-13(11,17)12(16)14-6-7-15/h9-11,15,17H,4-8H2,1-3H3,(H,14,16)/t10?,11?,13-/m1/s1. The fraction of sp³-hybridized carbons (Fsp3) is 0.923.